The number of rotatable bonds is 15. The van der Waals surface area contributed by atoms with Gasteiger partial charge in [0.25, 0.3) is 7.52 Å². The number of nitrogens with zero attached hydrogens (tertiary/aromatic N) is 4. The molecule has 3 N–H and O–H groups in total. The van der Waals surface area contributed by atoms with Gasteiger partial charge in [-0.25, -0.2) is 20.0 Å². The first kappa shape index (κ1) is 29.8. The van der Waals surface area contributed by atoms with E-state index < -0.39 is 37.6 Å². The molecule has 0 bridgehead atoms. The van der Waals surface area contributed by atoms with E-state index in [1.807, 2.05) is 0 Å². The lowest BCUT2D eigenvalue weighted by atomic mass is 10.1. The molecule has 0 aliphatic heterocycles. The average molecular weight is 529 g/mol. The van der Waals surface area contributed by atoms with Gasteiger partial charge < -0.3 is 33.8 Å². The maximum absolute atomic E-state index is 13.9. The number of esters is 1. The molecule has 3 atom stereocenters. The minimum atomic E-state index is -3.93. The van der Waals surface area contributed by atoms with Gasteiger partial charge in [-0.3, -0.25) is 9.36 Å². The summed E-state index contributed by atoms with van der Waals surface area (Å²) in [6, 6.07) is 0. The van der Waals surface area contributed by atoms with Gasteiger partial charge in [-0.2, -0.15) is 0 Å². The van der Waals surface area contributed by atoms with Gasteiger partial charge in [0, 0.05) is 0 Å². The Bertz CT molecular complexity index is 1070. The van der Waals surface area contributed by atoms with Gasteiger partial charge in [0.1, 0.15) is 29.8 Å². The van der Waals surface area contributed by atoms with Crippen molar-refractivity contribution >= 4 is 36.8 Å². The zero-order valence-electron chi connectivity index (χ0n) is 21.8. The van der Waals surface area contributed by atoms with Gasteiger partial charge >= 0.3 is 5.97 Å². The molecule has 0 fully saturated rings. The Balaban J connectivity index is 2.18. The molecule has 0 saturated carbocycles. The zero-order chi connectivity index (χ0) is 27.1. The lowest BCUT2D eigenvalue weighted by Gasteiger charge is -2.32. The number of aromatic nitrogens is 4. The van der Waals surface area contributed by atoms with Crippen LogP contribution < -0.4 is 10.8 Å². The number of hydrogen-bond acceptors (Lipinski definition) is 11. The van der Waals surface area contributed by atoms with E-state index in [-0.39, 0.29) is 24.6 Å². The number of imidazole rings is 1. The highest BCUT2D eigenvalue weighted by molar-refractivity contribution is 7.56. The number of fused-ring (bicyclic) bond motifs is 1. The van der Waals surface area contributed by atoms with Crippen LogP contribution in [-0.4, -0.2) is 74.7 Å². The van der Waals surface area contributed by atoms with E-state index in [0.717, 1.165) is 0 Å². The third-order valence-electron chi connectivity index (χ3n) is 4.77. The smallest absolute Gasteiger partial charge is 0.326 e. The first-order valence-corrected chi connectivity index (χ1v) is 13.4. The minimum absolute atomic E-state index is 0.110. The molecule has 0 aliphatic carbocycles. The maximum Gasteiger partial charge on any atom is 0.326 e. The number of ether oxygens (including phenoxy) is 3. The number of carbonyl (C=O) groups is 2. The molecule has 0 aromatic carbocycles. The second-order valence-corrected chi connectivity index (χ2v) is 11.5. The molecule has 202 valence electrons. The number of nitrogens with one attached hydrogen (secondary N) is 1. The Kier molecular flexibility index (Phi) is 10.5. The summed E-state index contributed by atoms with van der Waals surface area (Å²) in [7, 11) is -3.93. The number of nitrogen functional groups attached to an aromatic ring is 1. The van der Waals surface area contributed by atoms with Crippen LogP contribution in [0, 0.1) is 0 Å². The van der Waals surface area contributed by atoms with Crippen molar-refractivity contribution in [1.82, 2.24) is 24.6 Å². The highest BCUT2D eigenvalue weighted by Crippen LogP contribution is 2.46. The molecule has 0 aliphatic rings. The van der Waals surface area contributed by atoms with Gasteiger partial charge in [0.2, 0.25) is 0 Å². The third-order valence-corrected chi connectivity index (χ3v) is 6.77. The molecule has 2 aromatic rings. The van der Waals surface area contributed by atoms with Gasteiger partial charge in [0.15, 0.2) is 17.8 Å². The molecular weight excluding hydrogens is 491 g/mol. The molecule has 0 amide bonds. The topological polar surface area (TPSA) is 170 Å². The molecule has 0 spiro atoms. The van der Waals surface area contributed by atoms with Crippen molar-refractivity contribution in [3.63, 3.8) is 0 Å². The summed E-state index contributed by atoms with van der Waals surface area (Å²) in [5, 5.41) is 2.74. The number of hydrogen-bond donors (Lipinski definition) is 2. The van der Waals surface area contributed by atoms with Crippen molar-refractivity contribution in [2.24, 2.45) is 0 Å². The summed E-state index contributed by atoms with van der Waals surface area (Å²) in [5.74, 6) is -0.369. The summed E-state index contributed by atoms with van der Waals surface area (Å²) >= 11 is 0. The van der Waals surface area contributed by atoms with E-state index in [9.17, 15) is 14.2 Å². The first-order chi connectivity index (χ1) is 16.8. The number of carbonyl (C=O) groups excluding carboxylic acids is 2. The van der Waals surface area contributed by atoms with E-state index in [4.69, 9.17) is 24.5 Å². The normalized spacial score (nSPS) is 15.7. The highest BCUT2D eigenvalue weighted by atomic mass is 31.2. The zero-order valence-corrected chi connectivity index (χ0v) is 22.7. The predicted octanol–water partition coefficient (Wildman–Crippen LogP) is 2.29. The molecule has 2 aromatic heterocycles. The molecule has 0 radical (unpaired) electrons. The van der Waals surface area contributed by atoms with Crippen molar-refractivity contribution in [2.45, 2.75) is 85.0 Å². The fourth-order valence-electron chi connectivity index (χ4n) is 3.11. The van der Waals surface area contributed by atoms with Crippen LogP contribution in [0.25, 0.3) is 11.2 Å². The van der Waals surface area contributed by atoms with E-state index in [2.05, 4.69) is 20.0 Å². The molecule has 3 unspecified atom stereocenters. The lowest BCUT2D eigenvalue weighted by molar-refractivity contribution is -0.153. The van der Waals surface area contributed by atoms with Crippen molar-refractivity contribution in [3.8, 4) is 0 Å². The fourth-order valence-corrected chi connectivity index (χ4v) is 5.23. The summed E-state index contributed by atoms with van der Waals surface area (Å²) in [6.45, 7) is 12.0. The van der Waals surface area contributed by atoms with Crippen LogP contribution in [0.1, 0.15) is 48.5 Å². The number of anilines is 1. The molecule has 14 heteroatoms. The lowest BCUT2D eigenvalue weighted by Crippen LogP contribution is -2.48. The Hall–Kier alpha value is -2.44. The van der Waals surface area contributed by atoms with Crippen LogP contribution in [0.4, 0.5) is 5.82 Å². The summed E-state index contributed by atoms with van der Waals surface area (Å²) in [6.07, 6.45) is 0.804. The Morgan fingerprint density at radius 1 is 1.17 bits per heavy atom. The van der Waals surface area contributed by atoms with E-state index in [1.54, 1.807) is 45.5 Å². The maximum atomic E-state index is 13.9. The molecule has 2 heterocycles. The second-order valence-electron chi connectivity index (χ2n) is 9.46. The number of aldehydes is 1. The van der Waals surface area contributed by atoms with Crippen molar-refractivity contribution < 1.29 is 32.9 Å². The Labute approximate surface area is 210 Å². The highest BCUT2D eigenvalue weighted by Gasteiger charge is 2.40. The number of nitrogens with two attached hydrogens (primary N) is 1. The molecule has 0 saturated heterocycles. The third kappa shape index (κ3) is 8.59. The summed E-state index contributed by atoms with van der Waals surface area (Å²) in [5.41, 5.74) is 5.43. The molecular formula is C22H37N6O7P. The van der Waals surface area contributed by atoms with E-state index in [1.165, 1.54) is 20.2 Å². The van der Waals surface area contributed by atoms with Crippen molar-refractivity contribution in [1.29, 1.82) is 0 Å². The van der Waals surface area contributed by atoms with Crippen LogP contribution in [-0.2, 0) is 39.4 Å². The van der Waals surface area contributed by atoms with Crippen LogP contribution in [0.5, 0.6) is 0 Å². The second kappa shape index (κ2) is 12.7. The van der Waals surface area contributed by atoms with E-state index >= 15 is 0 Å². The summed E-state index contributed by atoms with van der Waals surface area (Å²) in [4.78, 5) is 36.6. The largest absolute Gasteiger partial charge is 0.462 e. The van der Waals surface area contributed by atoms with Gasteiger partial charge in [0.05, 0.1) is 37.8 Å². The predicted molar refractivity (Wildman–Crippen MR) is 133 cm³/mol. The fraction of sp³-hybridized carbons (Fsp3) is 0.682. The Morgan fingerprint density at radius 2 is 1.86 bits per heavy atom. The first-order valence-electron chi connectivity index (χ1n) is 11.6. The van der Waals surface area contributed by atoms with Crippen LogP contribution in [0.3, 0.4) is 0 Å². The SMILES string of the molecule is CC(C)OCC(C=O)OP(=O)(COC(C)Cn1cnc2c(N)ncnc21)NC(C)(C)C(=O)OC(C)C. The van der Waals surface area contributed by atoms with Crippen LogP contribution in [0.15, 0.2) is 12.7 Å². The van der Waals surface area contributed by atoms with Gasteiger partial charge in [-0.05, 0) is 48.5 Å². The van der Waals surface area contributed by atoms with Gasteiger partial charge in [-0.1, -0.05) is 0 Å². The standard InChI is InChI=1S/C22H37N6O7P/c1-14(2)32-10-17(9-29)35-36(31,27-22(6,7)21(30)34-15(3)4)13-33-16(5)8-28-12-26-18-19(23)24-11-25-20(18)28/h9,11-12,14-17H,8,10,13H2,1-7H3,(H,27,31)(H2,23,24,25). The molecule has 36 heavy (non-hydrogen) atoms. The quantitative estimate of drug-likeness (QED) is 0.197. The molecule has 13 nitrogen and oxygen atoms in total. The summed E-state index contributed by atoms with van der Waals surface area (Å²) < 4.78 is 37.8. The van der Waals surface area contributed by atoms with Crippen molar-refractivity contribution in [2.75, 3.05) is 18.7 Å². The molecule has 2 rings (SSSR count). The van der Waals surface area contributed by atoms with E-state index in [0.29, 0.717) is 24.0 Å². The monoisotopic (exact) mass is 528 g/mol. The average Bonchev–Trinajstić information content (AvgIpc) is 3.18. The Morgan fingerprint density at radius 3 is 2.47 bits per heavy atom. The van der Waals surface area contributed by atoms with Crippen LogP contribution >= 0.6 is 7.52 Å². The van der Waals surface area contributed by atoms with Crippen molar-refractivity contribution in [3.05, 3.63) is 12.7 Å². The van der Waals surface area contributed by atoms with Gasteiger partial charge in [-0.15, -0.1) is 0 Å². The minimum Gasteiger partial charge on any atom is -0.462 e. The van der Waals surface area contributed by atoms with Crippen LogP contribution in [0.2, 0.25) is 0 Å².